The highest BCUT2D eigenvalue weighted by Crippen LogP contribution is 2.23. The third-order valence-corrected chi connectivity index (χ3v) is 5.40. The van der Waals surface area contributed by atoms with Gasteiger partial charge in [-0.15, -0.1) is 0 Å². The summed E-state index contributed by atoms with van der Waals surface area (Å²) in [7, 11) is -2.42. The minimum Gasteiger partial charge on any atom is -0.319 e. The molecule has 2 rings (SSSR count). The van der Waals surface area contributed by atoms with Gasteiger partial charge in [0.05, 0.1) is 10.6 Å². The molecule has 0 aliphatic rings. The fourth-order valence-corrected chi connectivity index (χ4v) is 3.36. The molecular weight excluding hydrogens is 355 g/mol. The van der Waals surface area contributed by atoms with E-state index >= 15 is 0 Å². The summed E-state index contributed by atoms with van der Waals surface area (Å²) in [4.78, 5) is 12.4. The quantitative estimate of drug-likeness (QED) is 0.867. The Labute approximate surface area is 144 Å². The fourth-order valence-electron chi connectivity index (χ4n) is 2.13. The number of hydrogen-bond donors (Lipinski definition) is 2. The monoisotopic (exact) mass is 370 g/mol. The molecule has 8 heteroatoms. The van der Waals surface area contributed by atoms with Gasteiger partial charge in [-0.05, 0) is 62.4 Å². The highest BCUT2D eigenvalue weighted by Gasteiger charge is 2.20. The van der Waals surface area contributed by atoms with E-state index < -0.39 is 21.7 Å². The van der Waals surface area contributed by atoms with Crippen molar-refractivity contribution in [2.45, 2.75) is 18.7 Å². The van der Waals surface area contributed by atoms with Crippen LogP contribution in [0.25, 0.3) is 0 Å². The van der Waals surface area contributed by atoms with Gasteiger partial charge < -0.3 is 5.32 Å². The van der Waals surface area contributed by atoms with Gasteiger partial charge in [0, 0.05) is 10.6 Å². The van der Waals surface area contributed by atoms with E-state index in [2.05, 4.69) is 10.0 Å². The average Bonchev–Trinajstić information content (AvgIpc) is 2.52. The van der Waals surface area contributed by atoms with Crippen LogP contribution in [-0.4, -0.2) is 21.4 Å². The maximum Gasteiger partial charge on any atom is 0.255 e. The summed E-state index contributed by atoms with van der Waals surface area (Å²) < 4.78 is 40.2. The van der Waals surface area contributed by atoms with Crippen molar-refractivity contribution in [2.24, 2.45) is 0 Å². The number of rotatable bonds is 4. The summed E-state index contributed by atoms with van der Waals surface area (Å²) in [5, 5.41) is 2.62. The van der Waals surface area contributed by atoms with Gasteiger partial charge in [0.25, 0.3) is 5.91 Å². The number of nitrogens with one attached hydrogen (secondary N) is 2. The molecule has 0 saturated heterocycles. The Morgan fingerprint density at radius 2 is 1.83 bits per heavy atom. The van der Waals surface area contributed by atoms with E-state index in [1.54, 1.807) is 19.9 Å². The lowest BCUT2D eigenvalue weighted by molar-refractivity contribution is 0.102. The molecule has 0 radical (unpaired) electrons. The SMILES string of the molecule is CNS(=O)(=O)c1cc(C(=O)Nc2ccc(Cl)cc2F)cc(C)c1C. The molecule has 0 heterocycles. The molecule has 0 aliphatic carbocycles. The van der Waals surface area contributed by atoms with Gasteiger partial charge in [-0.2, -0.15) is 0 Å². The van der Waals surface area contributed by atoms with Crippen molar-refractivity contribution in [3.05, 3.63) is 57.9 Å². The smallest absolute Gasteiger partial charge is 0.255 e. The normalized spacial score (nSPS) is 11.4. The van der Waals surface area contributed by atoms with E-state index in [4.69, 9.17) is 11.6 Å². The molecule has 2 aromatic carbocycles. The molecule has 0 fully saturated rings. The van der Waals surface area contributed by atoms with Gasteiger partial charge in [-0.1, -0.05) is 11.6 Å². The Bertz CT molecular complexity index is 914. The molecule has 2 aromatic rings. The first kappa shape index (κ1) is 18.4. The van der Waals surface area contributed by atoms with Crippen molar-refractivity contribution in [1.82, 2.24) is 4.72 Å². The molecule has 0 bridgehead atoms. The third kappa shape index (κ3) is 3.75. The van der Waals surface area contributed by atoms with Crippen molar-refractivity contribution in [3.8, 4) is 0 Å². The van der Waals surface area contributed by atoms with E-state index in [0.717, 1.165) is 6.07 Å². The standard InChI is InChI=1S/C16H16ClFN2O3S/c1-9-6-11(7-15(10(9)2)24(22,23)19-3)16(21)20-14-5-4-12(17)8-13(14)18/h4-8,19H,1-3H3,(H,20,21). The minimum atomic E-state index is -3.72. The fraction of sp³-hybridized carbons (Fsp3) is 0.188. The van der Waals surface area contributed by atoms with Gasteiger partial charge in [-0.3, -0.25) is 4.79 Å². The van der Waals surface area contributed by atoms with Crippen molar-refractivity contribution >= 4 is 33.2 Å². The molecule has 128 valence electrons. The molecule has 2 N–H and O–H groups in total. The lowest BCUT2D eigenvalue weighted by Crippen LogP contribution is -2.21. The van der Waals surface area contributed by atoms with E-state index in [1.165, 1.54) is 25.2 Å². The van der Waals surface area contributed by atoms with Crippen LogP contribution in [0.15, 0.2) is 35.2 Å². The number of halogens is 2. The van der Waals surface area contributed by atoms with Crippen molar-refractivity contribution in [2.75, 3.05) is 12.4 Å². The van der Waals surface area contributed by atoms with Crippen LogP contribution in [0, 0.1) is 19.7 Å². The molecule has 24 heavy (non-hydrogen) atoms. The van der Waals surface area contributed by atoms with Crippen LogP contribution in [0.3, 0.4) is 0 Å². The van der Waals surface area contributed by atoms with Gasteiger partial charge in [0.15, 0.2) is 0 Å². The molecular formula is C16H16ClFN2O3S. The summed E-state index contributed by atoms with van der Waals surface area (Å²) in [6.07, 6.45) is 0. The number of amides is 1. The molecule has 0 saturated carbocycles. The molecule has 1 amide bonds. The van der Waals surface area contributed by atoms with Crippen LogP contribution in [-0.2, 0) is 10.0 Å². The van der Waals surface area contributed by atoms with E-state index in [0.29, 0.717) is 11.1 Å². The van der Waals surface area contributed by atoms with Crippen LogP contribution in [0.5, 0.6) is 0 Å². The second kappa shape index (κ2) is 6.88. The number of aryl methyl sites for hydroxylation is 1. The Balaban J connectivity index is 2.43. The Morgan fingerprint density at radius 1 is 1.17 bits per heavy atom. The minimum absolute atomic E-state index is 0.00623. The molecule has 0 atom stereocenters. The second-order valence-electron chi connectivity index (χ2n) is 5.20. The maximum atomic E-state index is 13.8. The average molecular weight is 371 g/mol. The summed E-state index contributed by atoms with van der Waals surface area (Å²) in [6.45, 7) is 3.35. The predicted octanol–water partition coefficient (Wildman–Crippen LogP) is 3.26. The zero-order valence-electron chi connectivity index (χ0n) is 13.3. The highest BCUT2D eigenvalue weighted by atomic mass is 35.5. The van der Waals surface area contributed by atoms with Crippen molar-refractivity contribution < 1.29 is 17.6 Å². The van der Waals surface area contributed by atoms with Crippen LogP contribution >= 0.6 is 11.6 Å². The zero-order valence-corrected chi connectivity index (χ0v) is 14.8. The van der Waals surface area contributed by atoms with Crippen LogP contribution in [0.4, 0.5) is 10.1 Å². The molecule has 0 aliphatic heterocycles. The Hall–Kier alpha value is -1.96. The number of carbonyl (C=O) groups excluding carboxylic acids is 1. The number of hydrogen-bond acceptors (Lipinski definition) is 3. The van der Waals surface area contributed by atoms with E-state index in [-0.39, 0.29) is 21.2 Å². The Morgan fingerprint density at radius 3 is 2.42 bits per heavy atom. The van der Waals surface area contributed by atoms with Crippen LogP contribution < -0.4 is 10.0 Å². The lowest BCUT2D eigenvalue weighted by Gasteiger charge is -2.13. The second-order valence-corrected chi connectivity index (χ2v) is 7.49. The van der Waals surface area contributed by atoms with Crippen LogP contribution in [0.1, 0.15) is 21.5 Å². The summed E-state index contributed by atoms with van der Waals surface area (Å²) in [6, 6.07) is 6.67. The van der Waals surface area contributed by atoms with E-state index in [9.17, 15) is 17.6 Å². The third-order valence-electron chi connectivity index (χ3n) is 3.62. The highest BCUT2D eigenvalue weighted by molar-refractivity contribution is 7.89. The summed E-state index contributed by atoms with van der Waals surface area (Å²) in [5.74, 6) is -1.30. The molecule has 5 nitrogen and oxygen atoms in total. The number of benzene rings is 2. The lowest BCUT2D eigenvalue weighted by atomic mass is 10.1. The van der Waals surface area contributed by atoms with Crippen molar-refractivity contribution in [3.63, 3.8) is 0 Å². The van der Waals surface area contributed by atoms with Gasteiger partial charge in [-0.25, -0.2) is 17.5 Å². The van der Waals surface area contributed by atoms with Gasteiger partial charge in [0.2, 0.25) is 10.0 Å². The topological polar surface area (TPSA) is 75.3 Å². The summed E-state index contributed by atoms with van der Waals surface area (Å²) >= 11 is 5.67. The first-order chi connectivity index (χ1) is 11.2. The maximum absolute atomic E-state index is 13.8. The number of anilines is 1. The molecule has 0 spiro atoms. The molecule has 0 aromatic heterocycles. The first-order valence-corrected chi connectivity index (χ1v) is 8.83. The number of carbonyl (C=O) groups is 1. The van der Waals surface area contributed by atoms with Crippen molar-refractivity contribution in [1.29, 1.82) is 0 Å². The number of sulfonamides is 1. The first-order valence-electron chi connectivity index (χ1n) is 6.97. The van der Waals surface area contributed by atoms with Gasteiger partial charge in [0.1, 0.15) is 5.82 Å². The van der Waals surface area contributed by atoms with Gasteiger partial charge >= 0.3 is 0 Å². The predicted molar refractivity (Wildman–Crippen MR) is 91.5 cm³/mol. The molecule has 0 unspecified atom stereocenters. The largest absolute Gasteiger partial charge is 0.319 e. The Kier molecular flexibility index (Phi) is 5.27. The van der Waals surface area contributed by atoms with Crippen LogP contribution in [0.2, 0.25) is 5.02 Å². The summed E-state index contributed by atoms with van der Waals surface area (Å²) in [5.41, 5.74) is 1.24. The van der Waals surface area contributed by atoms with E-state index in [1.807, 2.05) is 0 Å². The zero-order chi connectivity index (χ0) is 18.1.